The maximum Gasteiger partial charge on any atom is 0.490 e. The van der Waals surface area contributed by atoms with Crippen molar-refractivity contribution in [2.24, 2.45) is 52.3 Å². The van der Waals surface area contributed by atoms with Crippen molar-refractivity contribution >= 4 is 28.6 Å². The Hall–Kier alpha value is -0.0100. The molecular weight excluding hydrogens is 564 g/mol. The largest absolute Gasteiger partial charge is 0.490 e. The van der Waals surface area contributed by atoms with Crippen molar-refractivity contribution in [2.75, 3.05) is 0 Å². The SMILES string of the molecule is CC(C)CCC[C@@H](C)[C@@H]1CC[C@@H]2[C@@H]3CC[C@H]4C[C@H](I)[C@H](OC(=O)C(F)(F)F)C[C@]4(C)[C@H]3CC[C@@]21C. The molecule has 0 aromatic carbocycles. The molecule has 0 unspecified atom stereocenters. The van der Waals surface area contributed by atoms with E-state index in [0.717, 1.165) is 30.1 Å². The minimum atomic E-state index is -4.92. The normalized spacial score (nSPS) is 44.3. The van der Waals surface area contributed by atoms with Crippen molar-refractivity contribution in [3.8, 4) is 0 Å². The molecule has 4 saturated carbocycles. The van der Waals surface area contributed by atoms with Crippen LogP contribution in [0.2, 0.25) is 0 Å². The molecule has 6 heteroatoms. The molecule has 35 heavy (non-hydrogen) atoms. The number of hydrogen-bond donors (Lipinski definition) is 0. The molecule has 0 bridgehead atoms. The van der Waals surface area contributed by atoms with Gasteiger partial charge in [0, 0.05) is 3.92 Å². The summed E-state index contributed by atoms with van der Waals surface area (Å²) in [7, 11) is 0. The molecular formula is C29H46F3IO2. The standard InChI is InChI=1S/C29H46F3IO2/c1-17(2)7-6-8-18(3)21-11-12-22-20-10-9-19-15-24(33)25(35-26(34)29(30,31)32)16-28(19,5)23(20)13-14-27(21,22)4/h17-25H,6-16H2,1-5H3/t18-,19+,20+,21+,22-,23+,24+,25-,27-,28+/m1/s1. The third kappa shape index (κ3) is 5.30. The molecule has 0 saturated heterocycles. The van der Waals surface area contributed by atoms with Crippen LogP contribution in [0.3, 0.4) is 0 Å². The molecule has 2 nitrogen and oxygen atoms in total. The molecule has 4 aliphatic carbocycles. The zero-order valence-corrected chi connectivity index (χ0v) is 24.5. The Morgan fingerprint density at radius 2 is 1.69 bits per heavy atom. The van der Waals surface area contributed by atoms with E-state index in [2.05, 4.69) is 57.2 Å². The lowest BCUT2D eigenvalue weighted by Gasteiger charge is -2.62. The van der Waals surface area contributed by atoms with Gasteiger partial charge in [0.15, 0.2) is 0 Å². The summed E-state index contributed by atoms with van der Waals surface area (Å²) in [6.07, 6.45) is 7.45. The van der Waals surface area contributed by atoms with Crippen LogP contribution in [0.4, 0.5) is 13.2 Å². The summed E-state index contributed by atoms with van der Waals surface area (Å²) in [5.74, 6) is 2.83. The van der Waals surface area contributed by atoms with Crippen LogP contribution >= 0.6 is 22.6 Å². The van der Waals surface area contributed by atoms with Crippen LogP contribution in [0.25, 0.3) is 0 Å². The molecule has 4 rings (SSSR count). The van der Waals surface area contributed by atoms with Crippen molar-refractivity contribution in [2.45, 2.75) is 121 Å². The van der Waals surface area contributed by atoms with Gasteiger partial charge in [0.1, 0.15) is 6.10 Å². The van der Waals surface area contributed by atoms with Gasteiger partial charge in [0.05, 0.1) is 0 Å². The third-order valence-electron chi connectivity index (χ3n) is 11.3. The van der Waals surface area contributed by atoms with E-state index in [1.54, 1.807) is 0 Å². The number of fused-ring (bicyclic) bond motifs is 5. The fourth-order valence-electron chi connectivity index (χ4n) is 9.57. The second-order valence-electron chi connectivity index (χ2n) is 13.6. The minimum Gasteiger partial charge on any atom is -0.455 e. The lowest BCUT2D eigenvalue weighted by molar-refractivity contribution is -0.211. The Bertz CT molecular complexity index is 770. The van der Waals surface area contributed by atoms with Crippen LogP contribution in [0.15, 0.2) is 0 Å². The fourth-order valence-corrected chi connectivity index (χ4v) is 10.6. The van der Waals surface area contributed by atoms with E-state index >= 15 is 0 Å². The number of carbonyl (C=O) groups excluding carboxylic acids is 1. The first-order chi connectivity index (χ1) is 16.3. The molecule has 0 aromatic heterocycles. The Morgan fingerprint density at radius 3 is 2.34 bits per heavy atom. The van der Waals surface area contributed by atoms with E-state index in [9.17, 15) is 18.0 Å². The molecule has 202 valence electrons. The van der Waals surface area contributed by atoms with Crippen molar-refractivity contribution < 1.29 is 22.7 Å². The lowest BCUT2D eigenvalue weighted by Crippen LogP contribution is -2.56. The van der Waals surface area contributed by atoms with E-state index in [1.165, 1.54) is 57.8 Å². The van der Waals surface area contributed by atoms with Crippen molar-refractivity contribution in [3.63, 3.8) is 0 Å². The van der Waals surface area contributed by atoms with E-state index in [4.69, 9.17) is 4.74 Å². The van der Waals surface area contributed by atoms with Crippen LogP contribution in [0.1, 0.15) is 105 Å². The Balaban J connectivity index is 1.48. The van der Waals surface area contributed by atoms with Gasteiger partial charge < -0.3 is 4.74 Å². The second kappa shape index (κ2) is 10.3. The Kier molecular flexibility index (Phi) is 8.23. The molecule has 10 atom stereocenters. The summed E-state index contributed by atoms with van der Waals surface area (Å²) in [6.45, 7) is 12.0. The predicted octanol–water partition coefficient (Wildman–Crippen LogP) is 9.00. The number of ether oxygens (including phenoxy) is 1. The highest BCUT2D eigenvalue weighted by Crippen LogP contribution is 2.68. The molecule has 4 fully saturated rings. The molecule has 0 amide bonds. The van der Waals surface area contributed by atoms with Crippen molar-refractivity contribution in [1.82, 2.24) is 0 Å². The molecule has 0 radical (unpaired) electrons. The van der Waals surface area contributed by atoms with Crippen LogP contribution in [0, 0.1) is 52.3 Å². The number of alkyl halides is 4. The predicted molar refractivity (Wildman–Crippen MR) is 142 cm³/mol. The quantitative estimate of drug-likeness (QED) is 0.171. The average Bonchev–Trinajstić information content (AvgIpc) is 3.11. The molecule has 0 heterocycles. The summed E-state index contributed by atoms with van der Waals surface area (Å²) in [4.78, 5) is 11.7. The highest BCUT2D eigenvalue weighted by atomic mass is 127. The van der Waals surface area contributed by atoms with Gasteiger partial charge in [0.25, 0.3) is 0 Å². The van der Waals surface area contributed by atoms with Gasteiger partial charge >= 0.3 is 12.1 Å². The zero-order valence-electron chi connectivity index (χ0n) is 22.3. The van der Waals surface area contributed by atoms with Crippen molar-refractivity contribution in [1.29, 1.82) is 0 Å². The number of esters is 1. The average molecular weight is 611 g/mol. The van der Waals surface area contributed by atoms with Crippen LogP contribution in [0.5, 0.6) is 0 Å². The summed E-state index contributed by atoms with van der Waals surface area (Å²) < 4.78 is 43.9. The number of hydrogen-bond acceptors (Lipinski definition) is 2. The second-order valence-corrected chi connectivity index (χ2v) is 15.2. The minimum absolute atomic E-state index is 0.0244. The molecule has 0 aliphatic heterocycles. The van der Waals surface area contributed by atoms with Gasteiger partial charge in [-0.1, -0.05) is 76.5 Å². The van der Waals surface area contributed by atoms with E-state index < -0.39 is 18.2 Å². The number of carbonyl (C=O) groups is 1. The number of rotatable bonds is 6. The van der Waals surface area contributed by atoms with Gasteiger partial charge in [-0.3, -0.25) is 0 Å². The van der Waals surface area contributed by atoms with Crippen molar-refractivity contribution in [3.05, 3.63) is 0 Å². The fraction of sp³-hybridized carbons (Fsp3) is 0.966. The smallest absolute Gasteiger partial charge is 0.455 e. The highest BCUT2D eigenvalue weighted by Gasteiger charge is 2.62. The summed E-state index contributed by atoms with van der Waals surface area (Å²) >= 11 is 2.23. The van der Waals surface area contributed by atoms with Crippen LogP contribution in [-0.4, -0.2) is 22.2 Å². The maximum atomic E-state index is 13.0. The Labute approximate surface area is 224 Å². The van der Waals surface area contributed by atoms with Gasteiger partial charge in [-0.15, -0.1) is 0 Å². The first-order valence-electron chi connectivity index (χ1n) is 14.2. The molecule has 4 aliphatic rings. The first kappa shape index (κ1) is 28.0. The summed E-state index contributed by atoms with van der Waals surface area (Å²) in [6, 6.07) is 0. The molecule has 0 aromatic rings. The lowest BCUT2D eigenvalue weighted by atomic mass is 9.44. The van der Waals surface area contributed by atoms with Crippen LogP contribution in [-0.2, 0) is 9.53 Å². The Morgan fingerprint density at radius 1 is 1.00 bits per heavy atom. The zero-order chi connectivity index (χ0) is 25.8. The number of halogens is 4. The van der Waals surface area contributed by atoms with E-state index in [0.29, 0.717) is 29.6 Å². The van der Waals surface area contributed by atoms with Gasteiger partial charge in [-0.2, -0.15) is 13.2 Å². The summed E-state index contributed by atoms with van der Waals surface area (Å²) in [5, 5.41) is 0. The van der Waals surface area contributed by atoms with Gasteiger partial charge in [-0.25, -0.2) is 4.79 Å². The van der Waals surface area contributed by atoms with E-state index in [-0.39, 0.29) is 9.34 Å². The first-order valence-corrected chi connectivity index (χ1v) is 15.4. The van der Waals surface area contributed by atoms with E-state index in [1.807, 2.05) is 0 Å². The summed E-state index contributed by atoms with van der Waals surface area (Å²) in [5.41, 5.74) is 0.383. The maximum absolute atomic E-state index is 13.0. The third-order valence-corrected chi connectivity index (χ3v) is 12.6. The topological polar surface area (TPSA) is 26.3 Å². The van der Waals surface area contributed by atoms with Gasteiger partial charge in [0.2, 0.25) is 0 Å². The monoisotopic (exact) mass is 610 g/mol. The van der Waals surface area contributed by atoms with Gasteiger partial charge in [-0.05, 0) is 104 Å². The van der Waals surface area contributed by atoms with Crippen LogP contribution < -0.4 is 0 Å². The highest BCUT2D eigenvalue weighted by molar-refractivity contribution is 14.1. The molecule has 0 N–H and O–H groups in total. The molecule has 0 spiro atoms.